The SMILES string of the molecule is CNCC(c1ccc(Br)cc1)c1ccccn1. The molecule has 0 bridgehead atoms. The molecule has 3 heteroatoms. The molecule has 1 atom stereocenters. The summed E-state index contributed by atoms with van der Waals surface area (Å²) >= 11 is 3.46. The van der Waals surface area contributed by atoms with E-state index in [2.05, 4.69) is 56.6 Å². The van der Waals surface area contributed by atoms with Gasteiger partial charge in [0.15, 0.2) is 0 Å². The molecule has 0 aliphatic carbocycles. The third-order valence-corrected chi connectivity index (χ3v) is 3.25. The first kappa shape index (κ1) is 12.3. The van der Waals surface area contributed by atoms with Gasteiger partial charge in [0.1, 0.15) is 0 Å². The van der Waals surface area contributed by atoms with Gasteiger partial charge in [-0.1, -0.05) is 34.1 Å². The number of aromatic nitrogens is 1. The van der Waals surface area contributed by atoms with E-state index in [0.29, 0.717) is 5.92 Å². The van der Waals surface area contributed by atoms with E-state index in [4.69, 9.17) is 0 Å². The Bertz CT molecular complexity index is 453. The summed E-state index contributed by atoms with van der Waals surface area (Å²) in [6, 6.07) is 14.5. The van der Waals surface area contributed by atoms with Gasteiger partial charge in [0.25, 0.3) is 0 Å². The minimum Gasteiger partial charge on any atom is -0.319 e. The number of pyridine rings is 1. The molecule has 0 radical (unpaired) electrons. The van der Waals surface area contributed by atoms with Crippen LogP contribution in [-0.2, 0) is 0 Å². The molecule has 1 heterocycles. The summed E-state index contributed by atoms with van der Waals surface area (Å²) < 4.78 is 1.10. The van der Waals surface area contributed by atoms with Crippen LogP contribution in [0.4, 0.5) is 0 Å². The number of halogens is 1. The molecule has 0 amide bonds. The van der Waals surface area contributed by atoms with Crippen LogP contribution in [0.5, 0.6) is 0 Å². The summed E-state index contributed by atoms with van der Waals surface area (Å²) in [4.78, 5) is 4.44. The Morgan fingerprint density at radius 2 is 1.94 bits per heavy atom. The summed E-state index contributed by atoms with van der Waals surface area (Å²) in [5.41, 5.74) is 2.38. The average Bonchev–Trinajstić information content (AvgIpc) is 2.38. The number of benzene rings is 1. The number of rotatable bonds is 4. The fourth-order valence-electron chi connectivity index (χ4n) is 1.87. The maximum absolute atomic E-state index is 4.44. The van der Waals surface area contributed by atoms with Gasteiger partial charge in [-0.05, 0) is 36.9 Å². The van der Waals surface area contributed by atoms with E-state index in [1.807, 2.05) is 25.4 Å². The monoisotopic (exact) mass is 290 g/mol. The Balaban J connectivity index is 2.32. The van der Waals surface area contributed by atoms with E-state index in [-0.39, 0.29) is 0 Å². The van der Waals surface area contributed by atoms with E-state index in [9.17, 15) is 0 Å². The van der Waals surface area contributed by atoms with Gasteiger partial charge in [-0.25, -0.2) is 0 Å². The molecular formula is C14H15BrN2. The Kier molecular flexibility index (Phi) is 4.29. The lowest BCUT2D eigenvalue weighted by atomic mass is 9.95. The van der Waals surface area contributed by atoms with Crippen LogP contribution in [-0.4, -0.2) is 18.6 Å². The Morgan fingerprint density at radius 3 is 2.53 bits per heavy atom. The maximum Gasteiger partial charge on any atom is 0.0491 e. The number of likely N-dealkylation sites (N-methyl/N-ethyl adjacent to an activating group) is 1. The molecule has 2 rings (SSSR count). The number of nitrogens with zero attached hydrogens (tertiary/aromatic N) is 1. The van der Waals surface area contributed by atoms with Crippen molar-refractivity contribution in [2.45, 2.75) is 5.92 Å². The standard InChI is InChI=1S/C14H15BrN2/c1-16-10-13(14-4-2-3-9-17-14)11-5-7-12(15)8-6-11/h2-9,13,16H,10H2,1H3. The minimum atomic E-state index is 0.300. The fourth-order valence-corrected chi connectivity index (χ4v) is 2.14. The van der Waals surface area contributed by atoms with Crippen molar-refractivity contribution < 1.29 is 0 Å². The molecule has 0 aliphatic heterocycles. The van der Waals surface area contributed by atoms with Crippen LogP contribution < -0.4 is 5.32 Å². The highest BCUT2D eigenvalue weighted by Crippen LogP contribution is 2.23. The van der Waals surface area contributed by atoms with E-state index < -0.39 is 0 Å². The quantitative estimate of drug-likeness (QED) is 0.935. The Labute approximate surface area is 110 Å². The summed E-state index contributed by atoms with van der Waals surface area (Å²) in [7, 11) is 1.97. The van der Waals surface area contributed by atoms with Crippen molar-refractivity contribution in [3.63, 3.8) is 0 Å². The van der Waals surface area contributed by atoms with Crippen molar-refractivity contribution in [2.24, 2.45) is 0 Å². The third-order valence-electron chi connectivity index (χ3n) is 2.73. The normalized spacial score (nSPS) is 12.4. The van der Waals surface area contributed by atoms with Crippen LogP contribution in [0.25, 0.3) is 0 Å². The number of nitrogens with one attached hydrogen (secondary N) is 1. The van der Waals surface area contributed by atoms with E-state index in [0.717, 1.165) is 16.7 Å². The first-order chi connectivity index (χ1) is 8.31. The maximum atomic E-state index is 4.44. The second-order valence-electron chi connectivity index (χ2n) is 3.92. The van der Waals surface area contributed by atoms with Gasteiger partial charge < -0.3 is 5.32 Å². The summed E-state index contributed by atoms with van der Waals surface area (Å²) in [5.74, 6) is 0.300. The van der Waals surface area contributed by atoms with Crippen LogP contribution in [0.1, 0.15) is 17.2 Å². The Morgan fingerprint density at radius 1 is 1.18 bits per heavy atom. The van der Waals surface area contributed by atoms with Crippen LogP contribution in [0.2, 0.25) is 0 Å². The molecule has 0 saturated heterocycles. The molecule has 0 saturated carbocycles. The zero-order chi connectivity index (χ0) is 12.1. The van der Waals surface area contributed by atoms with Crippen molar-refractivity contribution in [3.05, 3.63) is 64.4 Å². The molecule has 2 aromatic rings. The minimum absolute atomic E-state index is 0.300. The zero-order valence-corrected chi connectivity index (χ0v) is 11.3. The molecule has 17 heavy (non-hydrogen) atoms. The van der Waals surface area contributed by atoms with Gasteiger partial charge in [-0.3, -0.25) is 4.98 Å². The predicted octanol–water partition coefficient (Wildman–Crippen LogP) is 3.20. The van der Waals surface area contributed by atoms with Gasteiger partial charge in [-0.15, -0.1) is 0 Å². The van der Waals surface area contributed by atoms with E-state index >= 15 is 0 Å². The molecular weight excluding hydrogens is 276 g/mol. The van der Waals surface area contributed by atoms with Crippen LogP contribution in [0, 0.1) is 0 Å². The van der Waals surface area contributed by atoms with Crippen LogP contribution >= 0.6 is 15.9 Å². The predicted molar refractivity (Wildman–Crippen MR) is 74.1 cm³/mol. The van der Waals surface area contributed by atoms with Crippen molar-refractivity contribution in [1.29, 1.82) is 0 Å². The second kappa shape index (κ2) is 5.94. The van der Waals surface area contributed by atoms with Crippen molar-refractivity contribution >= 4 is 15.9 Å². The molecule has 2 nitrogen and oxygen atoms in total. The van der Waals surface area contributed by atoms with Crippen LogP contribution in [0.15, 0.2) is 53.1 Å². The highest BCUT2D eigenvalue weighted by molar-refractivity contribution is 9.10. The number of hydrogen-bond donors (Lipinski definition) is 1. The van der Waals surface area contributed by atoms with Gasteiger partial charge in [0.2, 0.25) is 0 Å². The number of hydrogen-bond acceptors (Lipinski definition) is 2. The van der Waals surface area contributed by atoms with Gasteiger partial charge in [0, 0.05) is 28.8 Å². The second-order valence-corrected chi connectivity index (χ2v) is 4.83. The highest BCUT2D eigenvalue weighted by Gasteiger charge is 2.13. The Hall–Kier alpha value is -1.19. The summed E-state index contributed by atoms with van der Waals surface area (Å²) in [6.07, 6.45) is 1.84. The lowest BCUT2D eigenvalue weighted by Gasteiger charge is -2.16. The zero-order valence-electron chi connectivity index (χ0n) is 9.73. The van der Waals surface area contributed by atoms with Gasteiger partial charge >= 0.3 is 0 Å². The lowest BCUT2D eigenvalue weighted by molar-refractivity contribution is 0.691. The molecule has 1 N–H and O–H groups in total. The molecule has 1 unspecified atom stereocenters. The van der Waals surface area contributed by atoms with Crippen LogP contribution in [0.3, 0.4) is 0 Å². The lowest BCUT2D eigenvalue weighted by Crippen LogP contribution is -2.19. The van der Waals surface area contributed by atoms with Crippen molar-refractivity contribution in [3.8, 4) is 0 Å². The summed E-state index contributed by atoms with van der Waals surface area (Å²) in [5, 5.41) is 3.23. The van der Waals surface area contributed by atoms with Crippen molar-refractivity contribution in [2.75, 3.05) is 13.6 Å². The van der Waals surface area contributed by atoms with Crippen molar-refractivity contribution in [1.82, 2.24) is 10.3 Å². The topological polar surface area (TPSA) is 24.9 Å². The molecule has 1 aromatic carbocycles. The van der Waals surface area contributed by atoms with E-state index in [1.54, 1.807) is 0 Å². The molecule has 88 valence electrons. The third kappa shape index (κ3) is 3.14. The fraction of sp³-hybridized carbons (Fsp3) is 0.214. The average molecular weight is 291 g/mol. The molecule has 0 spiro atoms. The van der Waals surface area contributed by atoms with Gasteiger partial charge in [-0.2, -0.15) is 0 Å². The first-order valence-corrected chi connectivity index (χ1v) is 6.41. The highest BCUT2D eigenvalue weighted by atomic mass is 79.9. The largest absolute Gasteiger partial charge is 0.319 e. The molecule has 0 aliphatic rings. The van der Waals surface area contributed by atoms with E-state index in [1.165, 1.54) is 5.56 Å². The molecule has 0 fully saturated rings. The summed E-state index contributed by atoms with van der Waals surface area (Å²) in [6.45, 7) is 0.888. The smallest absolute Gasteiger partial charge is 0.0491 e. The molecule has 1 aromatic heterocycles. The first-order valence-electron chi connectivity index (χ1n) is 5.62. The van der Waals surface area contributed by atoms with Gasteiger partial charge in [0.05, 0.1) is 0 Å².